The Bertz CT molecular complexity index is 555. The van der Waals surface area contributed by atoms with Gasteiger partial charge in [0.25, 0.3) is 0 Å². The minimum atomic E-state index is -0.498. The van der Waals surface area contributed by atoms with Gasteiger partial charge in [0, 0.05) is 11.1 Å². The lowest BCUT2D eigenvalue weighted by Gasteiger charge is -2.03. The van der Waals surface area contributed by atoms with Gasteiger partial charge in [-0.2, -0.15) is 0 Å². The highest BCUT2D eigenvalue weighted by atomic mass is 32.1. The third-order valence-corrected chi connectivity index (χ3v) is 3.48. The van der Waals surface area contributed by atoms with Crippen molar-refractivity contribution in [2.75, 3.05) is 5.32 Å². The van der Waals surface area contributed by atoms with Crippen LogP contribution in [0.1, 0.15) is 16.8 Å². The minimum absolute atomic E-state index is 0.162. The molecule has 0 saturated carbocycles. The van der Waals surface area contributed by atoms with E-state index in [2.05, 4.69) is 22.2 Å². The van der Waals surface area contributed by atoms with E-state index in [4.69, 9.17) is 0 Å². The Morgan fingerprint density at radius 3 is 3.00 bits per heavy atom. The molecule has 0 amide bonds. The smallest absolute Gasteiger partial charge is 0.372 e. The van der Waals surface area contributed by atoms with Gasteiger partial charge in [0.2, 0.25) is 0 Å². The van der Waals surface area contributed by atoms with Crippen LogP contribution in [0.3, 0.4) is 0 Å². The Labute approximate surface area is 108 Å². The van der Waals surface area contributed by atoms with Crippen molar-refractivity contribution in [2.45, 2.75) is 19.9 Å². The molecule has 94 valence electrons. The molecule has 6 nitrogen and oxygen atoms in total. The third kappa shape index (κ3) is 2.80. The molecule has 0 radical (unpaired) electrons. The third-order valence-electron chi connectivity index (χ3n) is 2.34. The zero-order valence-corrected chi connectivity index (χ0v) is 10.6. The molecule has 0 fully saturated rings. The summed E-state index contributed by atoms with van der Waals surface area (Å²) in [6, 6.07) is 3.30. The van der Waals surface area contributed by atoms with Crippen LogP contribution in [0.15, 0.2) is 24.5 Å². The highest BCUT2D eigenvalue weighted by Crippen LogP contribution is 2.21. The van der Waals surface area contributed by atoms with Crippen LogP contribution in [0.5, 0.6) is 0 Å². The molecule has 2 aromatic heterocycles. The van der Waals surface area contributed by atoms with Crippen LogP contribution in [0, 0.1) is 10.1 Å². The molecule has 2 rings (SSSR count). The predicted molar refractivity (Wildman–Crippen MR) is 69.7 cm³/mol. The van der Waals surface area contributed by atoms with Gasteiger partial charge in [-0.1, -0.05) is 6.92 Å². The molecule has 7 heteroatoms. The number of rotatable bonds is 5. The first kappa shape index (κ1) is 12.4. The van der Waals surface area contributed by atoms with Gasteiger partial charge in [0.1, 0.15) is 16.9 Å². The first-order chi connectivity index (χ1) is 8.70. The number of nitrogens with zero attached hydrogens (tertiary/aromatic N) is 3. The van der Waals surface area contributed by atoms with E-state index in [9.17, 15) is 10.1 Å². The highest BCUT2D eigenvalue weighted by Gasteiger charge is 2.13. The van der Waals surface area contributed by atoms with Gasteiger partial charge in [-0.3, -0.25) is 0 Å². The van der Waals surface area contributed by atoms with Gasteiger partial charge in [-0.15, -0.1) is 11.3 Å². The fourth-order valence-electron chi connectivity index (χ4n) is 1.44. The Kier molecular flexibility index (Phi) is 3.83. The zero-order valence-electron chi connectivity index (χ0n) is 9.79. The number of nitrogens with one attached hydrogen (secondary N) is 1. The molecule has 0 saturated heterocycles. The highest BCUT2D eigenvalue weighted by molar-refractivity contribution is 7.11. The van der Waals surface area contributed by atoms with Gasteiger partial charge < -0.3 is 15.4 Å². The average molecular weight is 264 g/mol. The lowest BCUT2D eigenvalue weighted by atomic mass is 10.4. The Balaban J connectivity index is 2.08. The SMILES string of the molecule is CCc1cnc(CNc2cccnc2[N+](=O)[O-])s1. The molecule has 2 heterocycles. The number of hydrogen-bond donors (Lipinski definition) is 1. The number of aromatic nitrogens is 2. The average Bonchev–Trinajstić information content (AvgIpc) is 2.84. The molecular weight excluding hydrogens is 252 g/mol. The molecule has 0 unspecified atom stereocenters. The van der Waals surface area contributed by atoms with Crippen LogP contribution in [0.25, 0.3) is 0 Å². The van der Waals surface area contributed by atoms with Gasteiger partial charge in [-0.05, 0) is 28.5 Å². The molecule has 1 N–H and O–H groups in total. The van der Waals surface area contributed by atoms with E-state index < -0.39 is 4.92 Å². The number of nitro groups is 1. The Hall–Kier alpha value is -2.02. The monoisotopic (exact) mass is 264 g/mol. The van der Waals surface area contributed by atoms with Gasteiger partial charge >= 0.3 is 5.82 Å². The van der Waals surface area contributed by atoms with Crippen molar-refractivity contribution in [3.63, 3.8) is 0 Å². The fourth-order valence-corrected chi connectivity index (χ4v) is 2.25. The fraction of sp³-hybridized carbons (Fsp3) is 0.273. The lowest BCUT2D eigenvalue weighted by molar-refractivity contribution is -0.388. The number of hydrogen-bond acceptors (Lipinski definition) is 6. The normalized spacial score (nSPS) is 10.3. The minimum Gasteiger partial charge on any atom is -0.372 e. The zero-order chi connectivity index (χ0) is 13.0. The standard InChI is InChI=1S/C11H12N4O2S/c1-2-8-6-14-10(18-8)7-13-9-4-3-5-12-11(9)15(16)17/h3-6,13H,2,7H2,1H3. The molecule has 0 aliphatic rings. The maximum absolute atomic E-state index is 10.8. The Morgan fingerprint density at radius 1 is 1.50 bits per heavy atom. The van der Waals surface area contributed by atoms with Crippen molar-refractivity contribution in [3.05, 3.63) is 44.5 Å². The lowest BCUT2D eigenvalue weighted by Crippen LogP contribution is -2.03. The van der Waals surface area contributed by atoms with E-state index in [0.29, 0.717) is 12.2 Å². The summed E-state index contributed by atoms with van der Waals surface area (Å²) in [5.74, 6) is -0.162. The second kappa shape index (κ2) is 5.54. The van der Waals surface area contributed by atoms with E-state index in [1.54, 1.807) is 23.5 Å². The van der Waals surface area contributed by atoms with Crippen molar-refractivity contribution in [3.8, 4) is 0 Å². The molecule has 0 bridgehead atoms. The maximum atomic E-state index is 10.8. The second-order valence-electron chi connectivity index (χ2n) is 3.56. The number of pyridine rings is 1. The molecule has 2 aromatic rings. The number of thiazole rings is 1. The van der Waals surface area contributed by atoms with Crippen LogP contribution in [0.4, 0.5) is 11.5 Å². The Morgan fingerprint density at radius 2 is 2.33 bits per heavy atom. The van der Waals surface area contributed by atoms with E-state index in [1.807, 2.05) is 6.20 Å². The van der Waals surface area contributed by atoms with Gasteiger partial charge in [0.15, 0.2) is 0 Å². The molecular formula is C11H12N4O2S. The topological polar surface area (TPSA) is 81.0 Å². The van der Waals surface area contributed by atoms with Crippen LogP contribution in [-0.2, 0) is 13.0 Å². The maximum Gasteiger partial charge on any atom is 0.386 e. The number of anilines is 1. The number of aryl methyl sites for hydroxylation is 1. The van der Waals surface area contributed by atoms with Crippen molar-refractivity contribution in [1.82, 2.24) is 9.97 Å². The molecule has 0 aliphatic carbocycles. The van der Waals surface area contributed by atoms with Crippen molar-refractivity contribution < 1.29 is 4.92 Å². The first-order valence-electron chi connectivity index (χ1n) is 5.47. The van der Waals surface area contributed by atoms with E-state index >= 15 is 0 Å². The van der Waals surface area contributed by atoms with Crippen LogP contribution >= 0.6 is 11.3 Å². The summed E-state index contributed by atoms with van der Waals surface area (Å²) in [6.07, 6.45) is 4.19. The van der Waals surface area contributed by atoms with E-state index in [-0.39, 0.29) is 5.82 Å². The molecule has 0 aromatic carbocycles. The summed E-state index contributed by atoms with van der Waals surface area (Å²) in [5.41, 5.74) is 0.413. The van der Waals surface area contributed by atoms with Crippen LogP contribution in [-0.4, -0.2) is 14.9 Å². The van der Waals surface area contributed by atoms with Crippen LogP contribution in [0.2, 0.25) is 0 Å². The summed E-state index contributed by atoms with van der Waals surface area (Å²) in [4.78, 5) is 19.5. The van der Waals surface area contributed by atoms with Crippen LogP contribution < -0.4 is 5.32 Å². The summed E-state index contributed by atoms with van der Waals surface area (Å²) < 4.78 is 0. The van der Waals surface area contributed by atoms with Gasteiger partial charge in [-0.25, -0.2) is 4.98 Å². The summed E-state index contributed by atoms with van der Waals surface area (Å²) in [6.45, 7) is 2.54. The predicted octanol–water partition coefficient (Wildman–Crippen LogP) is 2.62. The quantitative estimate of drug-likeness (QED) is 0.663. The summed E-state index contributed by atoms with van der Waals surface area (Å²) in [7, 11) is 0. The van der Waals surface area contributed by atoms with Crippen molar-refractivity contribution in [2.24, 2.45) is 0 Å². The van der Waals surface area contributed by atoms with Gasteiger partial charge in [0.05, 0.1) is 6.54 Å². The largest absolute Gasteiger partial charge is 0.386 e. The molecule has 0 aliphatic heterocycles. The summed E-state index contributed by atoms with van der Waals surface area (Å²) >= 11 is 1.60. The van der Waals surface area contributed by atoms with Crippen molar-refractivity contribution >= 4 is 22.8 Å². The molecule has 18 heavy (non-hydrogen) atoms. The van der Waals surface area contributed by atoms with E-state index in [1.165, 1.54) is 11.1 Å². The summed E-state index contributed by atoms with van der Waals surface area (Å²) in [5, 5.41) is 14.7. The second-order valence-corrected chi connectivity index (χ2v) is 4.76. The van der Waals surface area contributed by atoms with Crippen molar-refractivity contribution in [1.29, 1.82) is 0 Å². The van der Waals surface area contributed by atoms with E-state index in [0.717, 1.165) is 11.4 Å². The molecule has 0 spiro atoms. The molecule has 0 atom stereocenters. The first-order valence-corrected chi connectivity index (χ1v) is 6.29.